The van der Waals surface area contributed by atoms with E-state index in [2.05, 4.69) is 44.0 Å². The Bertz CT molecular complexity index is 1310. The molecule has 0 bridgehead atoms. The van der Waals surface area contributed by atoms with Crippen LogP contribution in [-0.2, 0) is 9.59 Å². The molecule has 2 aromatic carbocycles. The molecule has 2 amide bonds. The van der Waals surface area contributed by atoms with Crippen molar-refractivity contribution in [3.8, 4) is 0 Å². The van der Waals surface area contributed by atoms with E-state index < -0.39 is 5.92 Å². The number of hydrogen-bond acceptors (Lipinski definition) is 2. The van der Waals surface area contributed by atoms with Crippen LogP contribution >= 0.6 is 0 Å². The van der Waals surface area contributed by atoms with Gasteiger partial charge in [-0.1, -0.05) is 57.2 Å². The number of rotatable bonds is 1. The molecule has 1 N–H and O–H groups in total. The molecule has 34 heavy (non-hydrogen) atoms. The van der Waals surface area contributed by atoms with Crippen LogP contribution in [-0.4, -0.2) is 16.8 Å². The van der Waals surface area contributed by atoms with Gasteiger partial charge in [0.25, 0.3) is 0 Å². The van der Waals surface area contributed by atoms with Gasteiger partial charge in [0.1, 0.15) is 0 Å². The number of aromatic nitrogens is 1. The van der Waals surface area contributed by atoms with E-state index in [9.17, 15) is 9.59 Å². The first-order valence-electron chi connectivity index (χ1n) is 12.7. The molecule has 2 aliphatic carbocycles. The molecule has 0 radical (unpaired) electrons. The summed E-state index contributed by atoms with van der Waals surface area (Å²) in [6.07, 6.45) is 3.26. The minimum absolute atomic E-state index is 0.00117. The third-order valence-corrected chi connectivity index (χ3v) is 9.06. The lowest BCUT2D eigenvalue weighted by Crippen LogP contribution is -2.41. The van der Waals surface area contributed by atoms with E-state index in [0.29, 0.717) is 11.8 Å². The molecule has 1 aliphatic heterocycles. The average Bonchev–Trinajstić information content (AvgIpc) is 3.29. The van der Waals surface area contributed by atoms with Crippen molar-refractivity contribution < 1.29 is 9.59 Å². The van der Waals surface area contributed by atoms with Crippen molar-refractivity contribution in [2.45, 2.75) is 65.7 Å². The maximum atomic E-state index is 14.2. The van der Waals surface area contributed by atoms with E-state index in [1.165, 1.54) is 17.4 Å². The highest BCUT2D eigenvalue weighted by Gasteiger charge is 2.59. The highest BCUT2D eigenvalue weighted by Crippen LogP contribution is 2.60. The van der Waals surface area contributed by atoms with Crippen LogP contribution in [0.2, 0.25) is 0 Å². The van der Waals surface area contributed by atoms with Gasteiger partial charge in [-0.3, -0.25) is 9.59 Å². The third-order valence-electron chi connectivity index (χ3n) is 9.06. The molecule has 4 heteroatoms. The molecular weight excluding hydrogens is 420 g/mol. The molecule has 0 spiro atoms. The fraction of sp³-hybridized carbons (Fsp3) is 0.467. The Hall–Kier alpha value is -2.88. The number of anilines is 1. The maximum absolute atomic E-state index is 14.2. The molecule has 176 valence electrons. The van der Waals surface area contributed by atoms with Gasteiger partial charge in [-0.25, -0.2) is 4.90 Å². The number of para-hydroxylation sites is 2. The van der Waals surface area contributed by atoms with Gasteiger partial charge < -0.3 is 4.98 Å². The molecule has 3 aromatic rings. The number of H-pyrrole nitrogens is 1. The summed E-state index contributed by atoms with van der Waals surface area (Å²) in [7, 11) is 0. The number of benzene rings is 2. The van der Waals surface area contributed by atoms with Crippen LogP contribution in [0, 0.1) is 37.0 Å². The molecule has 1 saturated heterocycles. The number of nitrogens with one attached hydrogen (secondary N) is 1. The first kappa shape index (κ1) is 21.6. The van der Waals surface area contributed by atoms with Crippen molar-refractivity contribution in [1.29, 1.82) is 0 Å². The fourth-order valence-corrected chi connectivity index (χ4v) is 7.38. The predicted molar refractivity (Wildman–Crippen MR) is 136 cm³/mol. The van der Waals surface area contributed by atoms with Crippen LogP contribution in [0.4, 0.5) is 5.69 Å². The van der Waals surface area contributed by atoms with Crippen LogP contribution in [0.3, 0.4) is 0 Å². The van der Waals surface area contributed by atoms with Gasteiger partial charge in [0.15, 0.2) is 0 Å². The van der Waals surface area contributed by atoms with Crippen LogP contribution in [0.25, 0.3) is 10.9 Å². The number of carbonyl (C=O) groups is 2. The van der Waals surface area contributed by atoms with Gasteiger partial charge in [-0.05, 0) is 79.0 Å². The molecule has 4 nitrogen and oxygen atoms in total. The van der Waals surface area contributed by atoms with Crippen LogP contribution in [0.1, 0.15) is 74.3 Å². The summed E-state index contributed by atoms with van der Waals surface area (Å²) < 4.78 is 0. The number of imide groups is 1. The van der Waals surface area contributed by atoms with Crippen molar-refractivity contribution in [3.63, 3.8) is 0 Å². The van der Waals surface area contributed by atoms with Gasteiger partial charge in [-0.2, -0.15) is 0 Å². The maximum Gasteiger partial charge on any atom is 0.243 e. The topological polar surface area (TPSA) is 53.2 Å². The number of nitrogens with zero attached hydrogens (tertiary/aromatic N) is 1. The number of fused-ring (bicyclic) bond motifs is 8. The summed E-state index contributed by atoms with van der Waals surface area (Å²) in [5.41, 5.74) is 6.31. The molecule has 6 rings (SSSR count). The van der Waals surface area contributed by atoms with Gasteiger partial charge >= 0.3 is 0 Å². The van der Waals surface area contributed by atoms with Crippen molar-refractivity contribution in [3.05, 3.63) is 64.8 Å². The number of carbonyl (C=O) groups excluding carboxylic acids is 2. The van der Waals surface area contributed by atoms with Gasteiger partial charge in [-0.15, -0.1) is 0 Å². The summed E-state index contributed by atoms with van der Waals surface area (Å²) in [6, 6.07) is 14.4. The van der Waals surface area contributed by atoms with E-state index in [-0.39, 0.29) is 29.1 Å². The Labute approximate surface area is 201 Å². The van der Waals surface area contributed by atoms with Crippen molar-refractivity contribution in [2.75, 3.05) is 4.90 Å². The minimum Gasteiger partial charge on any atom is -0.357 e. The first-order valence-corrected chi connectivity index (χ1v) is 12.7. The Morgan fingerprint density at radius 2 is 1.62 bits per heavy atom. The summed E-state index contributed by atoms with van der Waals surface area (Å²) in [4.78, 5) is 33.5. The average molecular weight is 455 g/mol. The van der Waals surface area contributed by atoms with E-state index >= 15 is 0 Å². The SMILES string of the molecule is Cc1cccc(C)c1N1C(=O)C2c3[nH]c4ccccc4c3C3CCC(C(C)(C)C)CC3C2C1=O. The zero-order valence-electron chi connectivity index (χ0n) is 20.8. The van der Waals surface area contributed by atoms with E-state index in [0.717, 1.165) is 40.9 Å². The standard InChI is InChI=1S/C30H34N2O2/c1-16-9-8-10-17(2)27(16)32-28(33)24-21-15-18(30(3,4)5)13-14-19(21)23-20-11-6-7-12-22(20)31-26(23)25(24)29(32)34/h6-12,18-19,21,24-25,31H,13-15H2,1-5H3. The lowest BCUT2D eigenvalue weighted by molar-refractivity contribution is -0.123. The predicted octanol–water partition coefficient (Wildman–Crippen LogP) is 6.62. The molecular formula is C30H34N2O2. The molecule has 5 atom stereocenters. The van der Waals surface area contributed by atoms with Gasteiger partial charge in [0.2, 0.25) is 11.8 Å². The number of aryl methyl sites for hydroxylation is 2. The zero-order valence-corrected chi connectivity index (χ0v) is 20.8. The highest BCUT2D eigenvalue weighted by atomic mass is 16.2. The molecule has 3 aliphatic rings. The Balaban J connectivity index is 1.55. The minimum atomic E-state index is -0.422. The quantitative estimate of drug-likeness (QED) is 0.420. The second-order valence-electron chi connectivity index (χ2n) is 11.9. The highest BCUT2D eigenvalue weighted by molar-refractivity contribution is 6.25. The molecule has 2 fully saturated rings. The lowest BCUT2D eigenvalue weighted by atomic mass is 9.56. The lowest BCUT2D eigenvalue weighted by Gasteiger charge is -2.47. The smallest absolute Gasteiger partial charge is 0.243 e. The third kappa shape index (κ3) is 2.90. The Morgan fingerprint density at radius 3 is 2.32 bits per heavy atom. The molecule has 1 aromatic heterocycles. The van der Waals surface area contributed by atoms with Gasteiger partial charge in [0, 0.05) is 16.6 Å². The van der Waals surface area contributed by atoms with Crippen LogP contribution in [0.15, 0.2) is 42.5 Å². The van der Waals surface area contributed by atoms with E-state index in [4.69, 9.17) is 0 Å². The largest absolute Gasteiger partial charge is 0.357 e. The summed E-state index contributed by atoms with van der Waals surface area (Å²) in [5.74, 6) is 0.299. The zero-order chi connectivity index (χ0) is 23.9. The van der Waals surface area contributed by atoms with Gasteiger partial charge in [0.05, 0.1) is 17.5 Å². The van der Waals surface area contributed by atoms with Crippen LogP contribution in [0.5, 0.6) is 0 Å². The normalized spacial score (nSPS) is 28.7. The number of hydrogen-bond donors (Lipinski definition) is 1. The summed E-state index contributed by atoms with van der Waals surface area (Å²) in [5, 5.41) is 1.23. The second kappa shape index (κ2) is 7.31. The van der Waals surface area contributed by atoms with Crippen molar-refractivity contribution in [2.24, 2.45) is 23.2 Å². The molecule has 2 heterocycles. The van der Waals surface area contributed by atoms with Crippen molar-refractivity contribution >= 4 is 28.4 Å². The number of amides is 2. The molecule has 1 saturated carbocycles. The number of aromatic amines is 1. The van der Waals surface area contributed by atoms with Crippen LogP contribution < -0.4 is 4.90 Å². The van der Waals surface area contributed by atoms with E-state index in [1.54, 1.807) is 4.90 Å². The monoisotopic (exact) mass is 454 g/mol. The Morgan fingerprint density at radius 1 is 0.912 bits per heavy atom. The molecule has 5 unspecified atom stereocenters. The first-order chi connectivity index (χ1) is 16.2. The summed E-state index contributed by atoms with van der Waals surface area (Å²) in [6.45, 7) is 11.0. The van der Waals surface area contributed by atoms with E-state index in [1.807, 2.05) is 38.1 Å². The van der Waals surface area contributed by atoms with Crippen molar-refractivity contribution in [1.82, 2.24) is 4.98 Å². The Kier molecular flexibility index (Phi) is 4.65. The second-order valence-corrected chi connectivity index (χ2v) is 11.9. The fourth-order valence-electron chi connectivity index (χ4n) is 7.38. The summed E-state index contributed by atoms with van der Waals surface area (Å²) >= 11 is 0.